The smallest absolute Gasteiger partial charge is 0.395 e. The molecular formula is C19H23F2N3O2S. The van der Waals surface area contributed by atoms with Crippen LogP contribution in [0.5, 0.6) is 11.5 Å². The number of aromatic amines is 1. The van der Waals surface area contributed by atoms with Gasteiger partial charge in [0.05, 0.1) is 5.01 Å². The number of halogens is 2. The Balaban J connectivity index is 0.000000140. The van der Waals surface area contributed by atoms with Crippen molar-refractivity contribution in [2.24, 2.45) is 5.92 Å². The van der Waals surface area contributed by atoms with Gasteiger partial charge in [0.1, 0.15) is 0 Å². The zero-order chi connectivity index (χ0) is 19.7. The number of ether oxygens (including phenoxy) is 2. The van der Waals surface area contributed by atoms with Gasteiger partial charge in [0.25, 0.3) is 0 Å². The van der Waals surface area contributed by atoms with Crippen LogP contribution < -0.4 is 9.47 Å². The number of fused-ring (bicyclic) bond motifs is 1. The summed E-state index contributed by atoms with van der Waals surface area (Å²) in [5.41, 5.74) is 1.11. The number of alkyl halides is 2. The molecule has 1 aliphatic carbocycles. The van der Waals surface area contributed by atoms with Crippen molar-refractivity contribution >= 4 is 11.3 Å². The summed E-state index contributed by atoms with van der Waals surface area (Å²) in [6.45, 7) is 6.23. The average molecular weight is 395 g/mol. The van der Waals surface area contributed by atoms with Crippen molar-refractivity contribution in [3.63, 3.8) is 0 Å². The zero-order valence-corrected chi connectivity index (χ0v) is 16.3. The first kappa shape index (κ1) is 20.8. The third-order valence-corrected chi connectivity index (χ3v) is 4.07. The van der Waals surface area contributed by atoms with Gasteiger partial charge in [-0.25, -0.2) is 0 Å². The first-order chi connectivity index (χ1) is 12.9. The van der Waals surface area contributed by atoms with Crippen LogP contribution in [0, 0.1) is 19.8 Å². The van der Waals surface area contributed by atoms with Gasteiger partial charge < -0.3 is 9.47 Å². The van der Waals surface area contributed by atoms with Gasteiger partial charge in [-0.3, -0.25) is 10.1 Å². The SMILES string of the molecule is CC1CC1.Cc1ccn[nH]1.Cc1nccs1.FC1(F)Oc2ccccc2O1. The molecule has 146 valence electrons. The Morgan fingerprint density at radius 2 is 1.67 bits per heavy atom. The van der Waals surface area contributed by atoms with Crippen molar-refractivity contribution < 1.29 is 18.3 Å². The number of rotatable bonds is 0. The van der Waals surface area contributed by atoms with Gasteiger partial charge in [-0.05, 0) is 38.0 Å². The maximum atomic E-state index is 12.3. The van der Waals surface area contributed by atoms with E-state index in [1.165, 1.54) is 25.0 Å². The molecule has 1 N–H and O–H groups in total. The minimum atomic E-state index is -3.50. The largest absolute Gasteiger partial charge is 0.586 e. The van der Waals surface area contributed by atoms with Crippen LogP contribution in [0.1, 0.15) is 30.5 Å². The van der Waals surface area contributed by atoms with Gasteiger partial charge in [0.2, 0.25) is 0 Å². The summed E-state index contributed by atoms with van der Waals surface area (Å²) in [7, 11) is 0. The van der Waals surface area contributed by atoms with Crippen LogP contribution in [-0.2, 0) is 0 Å². The number of nitrogens with one attached hydrogen (secondary N) is 1. The minimum absolute atomic E-state index is 0.0810. The molecule has 0 unspecified atom stereocenters. The third-order valence-electron chi connectivity index (χ3n) is 3.37. The van der Waals surface area contributed by atoms with Gasteiger partial charge in [-0.1, -0.05) is 31.9 Å². The highest BCUT2D eigenvalue weighted by atomic mass is 32.1. The Kier molecular flexibility index (Phi) is 7.72. The topological polar surface area (TPSA) is 60.0 Å². The Labute approximate surface area is 161 Å². The fourth-order valence-corrected chi connectivity index (χ4v) is 2.12. The summed E-state index contributed by atoms with van der Waals surface area (Å²) in [6, 6.07) is 7.97. The van der Waals surface area contributed by atoms with E-state index in [1.54, 1.807) is 35.9 Å². The maximum absolute atomic E-state index is 12.3. The number of H-pyrrole nitrogens is 1. The normalized spacial score (nSPS) is 15.3. The summed E-state index contributed by atoms with van der Waals surface area (Å²) in [6.07, 6.45) is 3.01. The van der Waals surface area contributed by atoms with E-state index in [0.29, 0.717) is 0 Å². The Morgan fingerprint density at radius 3 is 1.93 bits per heavy atom. The molecule has 0 spiro atoms. The van der Waals surface area contributed by atoms with Gasteiger partial charge >= 0.3 is 6.29 Å². The average Bonchev–Trinajstić information content (AvgIpc) is 3.01. The van der Waals surface area contributed by atoms with Crippen molar-refractivity contribution in [1.82, 2.24) is 15.2 Å². The van der Waals surface area contributed by atoms with E-state index in [0.717, 1.165) is 16.6 Å². The van der Waals surface area contributed by atoms with Crippen LogP contribution in [0.4, 0.5) is 8.78 Å². The van der Waals surface area contributed by atoms with Gasteiger partial charge in [0, 0.05) is 23.5 Å². The number of nitrogens with zero attached hydrogens (tertiary/aromatic N) is 2. The molecule has 2 aliphatic rings. The first-order valence-corrected chi connectivity index (χ1v) is 9.40. The lowest BCUT2D eigenvalue weighted by Crippen LogP contribution is -2.25. The predicted molar refractivity (Wildman–Crippen MR) is 101 cm³/mol. The molecule has 2 aromatic heterocycles. The Bertz CT molecular complexity index is 717. The second kappa shape index (κ2) is 10.0. The summed E-state index contributed by atoms with van der Waals surface area (Å²) in [4.78, 5) is 3.94. The van der Waals surface area contributed by atoms with Gasteiger partial charge in [-0.2, -0.15) is 5.10 Å². The highest BCUT2D eigenvalue weighted by molar-refractivity contribution is 7.09. The molecule has 1 aromatic carbocycles. The fraction of sp³-hybridized carbons (Fsp3) is 0.368. The standard InChI is InChI=1S/C7H4F2O2.C4H6N2.C4H5NS.C4H8/c8-7(9)10-5-3-1-2-4-6(5)11-7;1-4-2-3-5-6-4;1-4-5-2-3-6-4;1-4-2-3-4/h1-4H;2-3H,1H3,(H,5,6);2-3H,1H3;4H,2-3H2,1H3. The molecule has 1 aliphatic heterocycles. The molecule has 3 heterocycles. The minimum Gasteiger partial charge on any atom is -0.395 e. The van der Waals surface area contributed by atoms with E-state index in [9.17, 15) is 8.78 Å². The van der Waals surface area contributed by atoms with Crippen LogP contribution in [-0.4, -0.2) is 21.5 Å². The van der Waals surface area contributed by atoms with E-state index in [2.05, 4.69) is 31.6 Å². The number of aryl methyl sites for hydroxylation is 2. The van der Waals surface area contributed by atoms with Gasteiger partial charge in [-0.15, -0.1) is 20.1 Å². The van der Waals surface area contributed by atoms with Crippen molar-refractivity contribution in [2.45, 2.75) is 39.9 Å². The van der Waals surface area contributed by atoms with Crippen molar-refractivity contribution in [1.29, 1.82) is 0 Å². The molecular weight excluding hydrogens is 372 g/mol. The Morgan fingerprint density at radius 1 is 1.07 bits per heavy atom. The quantitative estimate of drug-likeness (QED) is 0.539. The molecule has 1 saturated carbocycles. The van der Waals surface area contributed by atoms with Crippen molar-refractivity contribution in [2.75, 3.05) is 0 Å². The van der Waals surface area contributed by atoms with E-state index in [-0.39, 0.29) is 11.5 Å². The molecule has 27 heavy (non-hydrogen) atoms. The summed E-state index contributed by atoms with van der Waals surface area (Å²) < 4.78 is 32.9. The van der Waals surface area contributed by atoms with Crippen LogP contribution in [0.25, 0.3) is 0 Å². The molecule has 5 nitrogen and oxygen atoms in total. The summed E-state index contributed by atoms with van der Waals surface area (Å²) in [5, 5.41) is 9.55. The Hall–Kier alpha value is -2.48. The van der Waals surface area contributed by atoms with Crippen LogP contribution in [0.3, 0.4) is 0 Å². The summed E-state index contributed by atoms with van der Waals surface area (Å²) in [5.74, 6) is 1.25. The molecule has 0 atom stereocenters. The molecule has 5 rings (SSSR count). The van der Waals surface area contributed by atoms with E-state index >= 15 is 0 Å². The number of hydrogen-bond acceptors (Lipinski definition) is 5. The summed E-state index contributed by atoms with van der Waals surface area (Å²) >= 11 is 1.67. The van der Waals surface area contributed by atoms with Crippen LogP contribution >= 0.6 is 11.3 Å². The number of para-hydroxylation sites is 2. The lowest BCUT2D eigenvalue weighted by atomic mass is 10.3. The van der Waals surface area contributed by atoms with Crippen molar-refractivity contribution in [3.05, 3.63) is 58.8 Å². The molecule has 3 aromatic rings. The zero-order valence-electron chi connectivity index (χ0n) is 15.5. The van der Waals surface area contributed by atoms with Crippen LogP contribution in [0.2, 0.25) is 0 Å². The van der Waals surface area contributed by atoms with Gasteiger partial charge in [0.15, 0.2) is 11.5 Å². The predicted octanol–water partition coefficient (Wildman–Crippen LogP) is 5.59. The molecule has 0 saturated heterocycles. The number of benzene rings is 1. The van der Waals surface area contributed by atoms with Crippen molar-refractivity contribution in [3.8, 4) is 11.5 Å². The molecule has 8 heteroatoms. The number of aromatic nitrogens is 3. The number of thiazole rings is 1. The van der Waals surface area contributed by atoms with E-state index in [1.807, 2.05) is 25.3 Å². The molecule has 1 fully saturated rings. The van der Waals surface area contributed by atoms with E-state index < -0.39 is 6.29 Å². The second-order valence-corrected chi connectivity index (χ2v) is 7.19. The fourth-order valence-electron chi connectivity index (χ4n) is 1.68. The lowest BCUT2D eigenvalue weighted by molar-refractivity contribution is -0.286. The highest BCUT2D eigenvalue weighted by Crippen LogP contribution is 2.39. The second-order valence-electron chi connectivity index (χ2n) is 6.09. The maximum Gasteiger partial charge on any atom is 0.586 e. The third kappa shape index (κ3) is 8.63. The first-order valence-electron chi connectivity index (χ1n) is 8.52. The molecule has 0 bridgehead atoms. The lowest BCUT2D eigenvalue weighted by Gasteiger charge is -2.04. The molecule has 0 amide bonds. The molecule has 0 radical (unpaired) electrons. The monoisotopic (exact) mass is 395 g/mol. The van der Waals surface area contributed by atoms with E-state index in [4.69, 9.17) is 0 Å². The highest BCUT2D eigenvalue weighted by Gasteiger charge is 2.42. The van der Waals surface area contributed by atoms with Crippen LogP contribution in [0.15, 0.2) is 48.1 Å². The number of hydrogen-bond donors (Lipinski definition) is 1.